The van der Waals surface area contributed by atoms with Crippen LogP contribution in [-0.2, 0) is 4.79 Å². The fourth-order valence-electron chi connectivity index (χ4n) is 2.08. The number of carbonyl (C=O) groups is 1. The molecule has 0 amide bonds. The van der Waals surface area contributed by atoms with Crippen molar-refractivity contribution in [3.63, 3.8) is 0 Å². The van der Waals surface area contributed by atoms with Crippen LogP contribution < -0.4 is 5.32 Å². The standard InChI is InChI=1S/C13H15N3O2/c14-6-11-7-15-4-3-12(11)16-8-10(5-13(17)18)9-1-2-9/h3-4,7,9-10H,1-2,5,8H2,(H,15,16)(H,17,18). The summed E-state index contributed by atoms with van der Waals surface area (Å²) in [5.41, 5.74) is 1.21. The first-order valence-corrected chi connectivity index (χ1v) is 6.00. The Morgan fingerprint density at radius 3 is 3.06 bits per heavy atom. The van der Waals surface area contributed by atoms with Crippen LogP contribution in [0, 0.1) is 23.2 Å². The molecule has 5 heteroatoms. The predicted octanol–water partition coefficient (Wildman–Crippen LogP) is 1.87. The van der Waals surface area contributed by atoms with Gasteiger partial charge in [-0.2, -0.15) is 5.26 Å². The van der Waals surface area contributed by atoms with Crippen molar-refractivity contribution in [1.29, 1.82) is 5.26 Å². The molecule has 0 aromatic carbocycles. The molecule has 0 aliphatic heterocycles. The highest BCUT2D eigenvalue weighted by Gasteiger charge is 2.32. The Hall–Kier alpha value is -2.09. The summed E-state index contributed by atoms with van der Waals surface area (Å²) in [5.74, 6) is -0.105. The van der Waals surface area contributed by atoms with Gasteiger partial charge in [-0.1, -0.05) is 0 Å². The number of anilines is 1. The summed E-state index contributed by atoms with van der Waals surface area (Å²) < 4.78 is 0. The fraction of sp³-hybridized carbons (Fsp3) is 0.462. The number of nitriles is 1. The lowest BCUT2D eigenvalue weighted by molar-refractivity contribution is -0.138. The maximum atomic E-state index is 10.8. The topological polar surface area (TPSA) is 86.0 Å². The van der Waals surface area contributed by atoms with Crippen LogP contribution in [0.4, 0.5) is 5.69 Å². The molecule has 0 radical (unpaired) electrons. The number of hydrogen-bond acceptors (Lipinski definition) is 4. The van der Waals surface area contributed by atoms with Crippen LogP contribution in [0.1, 0.15) is 24.8 Å². The summed E-state index contributed by atoms with van der Waals surface area (Å²) in [6.07, 6.45) is 5.53. The Morgan fingerprint density at radius 2 is 2.44 bits per heavy atom. The number of hydrogen-bond donors (Lipinski definition) is 2. The highest BCUT2D eigenvalue weighted by molar-refractivity contribution is 5.67. The fourth-order valence-corrected chi connectivity index (χ4v) is 2.08. The van der Waals surface area contributed by atoms with Crippen LogP contribution in [-0.4, -0.2) is 22.6 Å². The molecular formula is C13H15N3O2. The van der Waals surface area contributed by atoms with Crippen molar-refractivity contribution < 1.29 is 9.90 Å². The van der Waals surface area contributed by atoms with Crippen molar-refractivity contribution in [3.05, 3.63) is 24.0 Å². The first-order chi connectivity index (χ1) is 8.70. The molecule has 18 heavy (non-hydrogen) atoms. The molecule has 5 nitrogen and oxygen atoms in total. The van der Waals surface area contributed by atoms with Crippen LogP contribution in [0.3, 0.4) is 0 Å². The van der Waals surface area contributed by atoms with Crippen molar-refractivity contribution >= 4 is 11.7 Å². The van der Waals surface area contributed by atoms with Gasteiger partial charge in [0.15, 0.2) is 0 Å². The Kier molecular flexibility index (Phi) is 3.78. The third-order valence-corrected chi connectivity index (χ3v) is 3.22. The zero-order valence-corrected chi connectivity index (χ0v) is 9.97. The first kappa shape index (κ1) is 12.4. The van der Waals surface area contributed by atoms with Crippen molar-refractivity contribution in [3.8, 4) is 6.07 Å². The maximum absolute atomic E-state index is 10.8. The average Bonchev–Trinajstić information content (AvgIpc) is 3.18. The number of carboxylic acid groups (broad SMARTS) is 1. The molecule has 1 aromatic heterocycles. The third-order valence-electron chi connectivity index (χ3n) is 3.22. The predicted molar refractivity (Wildman–Crippen MR) is 65.9 cm³/mol. The van der Waals surface area contributed by atoms with Gasteiger partial charge in [-0.25, -0.2) is 0 Å². The Labute approximate surface area is 105 Å². The monoisotopic (exact) mass is 245 g/mol. The van der Waals surface area contributed by atoms with Gasteiger partial charge >= 0.3 is 5.97 Å². The van der Waals surface area contributed by atoms with Crippen LogP contribution in [0.25, 0.3) is 0 Å². The number of nitrogens with zero attached hydrogens (tertiary/aromatic N) is 2. The number of rotatable bonds is 6. The van der Waals surface area contributed by atoms with E-state index in [0.717, 1.165) is 18.5 Å². The van der Waals surface area contributed by atoms with Gasteiger partial charge in [-0.05, 0) is 30.7 Å². The van der Waals surface area contributed by atoms with E-state index in [-0.39, 0.29) is 12.3 Å². The second kappa shape index (κ2) is 5.50. The summed E-state index contributed by atoms with van der Waals surface area (Å²) in [5, 5.41) is 21.0. The lowest BCUT2D eigenvalue weighted by Gasteiger charge is -2.16. The molecule has 0 bridgehead atoms. The van der Waals surface area contributed by atoms with Gasteiger partial charge < -0.3 is 10.4 Å². The van der Waals surface area contributed by atoms with E-state index >= 15 is 0 Å². The molecule has 1 heterocycles. The molecule has 2 N–H and O–H groups in total. The highest BCUT2D eigenvalue weighted by Crippen LogP contribution is 2.38. The number of aromatic nitrogens is 1. The number of nitrogens with one attached hydrogen (secondary N) is 1. The van der Waals surface area contributed by atoms with Crippen LogP contribution in [0.2, 0.25) is 0 Å². The van der Waals surface area contributed by atoms with Gasteiger partial charge in [0, 0.05) is 18.9 Å². The summed E-state index contributed by atoms with van der Waals surface area (Å²) >= 11 is 0. The van der Waals surface area contributed by atoms with E-state index < -0.39 is 5.97 Å². The third kappa shape index (κ3) is 3.20. The van der Waals surface area contributed by atoms with E-state index in [1.807, 2.05) is 0 Å². The van der Waals surface area contributed by atoms with Gasteiger partial charge in [0.05, 0.1) is 17.7 Å². The molecule has 1 aliphatic carbocycles. The zero-order valence-electron chi connectivity index (χ0n) is 9.97. The van der Waals surface area contributed by atoms with Gasteiger partial charge in [0.2, 0.25) is 0 Å². The molecule has 1 saturated carbocycles. The normalized spacial score (nSPS) is 15.7. The van der Waals surface area contributed by atoms with Crippen LogP contribution in [0.15, 0.2) is 18.5 Å². The minimum Gasteiger partial charge on any atom is -0.481 e. The maximum Gasteiger partial charge on any atom is 0.303 e. The smallest absolute Gasteiger partial charge is 0.303 e. The molecule has 1 fully saturated rings. The van der Waals surface area contributed by atoms with Crippen molar-refractivity contribution in [2.45, 2.75) is 19.3 Å². The first-order valence-electron chi connectivity index (χ1n) is 6.00. The van der Waals surface area contributed by atoms with Crippen LogP contribution in [0.5, 0.6) is 0 Å². The van der Waals surface area contributed by atoms with Gasteiger partial charge in [-0.3, -0.25) is 9.78 Å². The molecule has 1 atom stereocenters. The lowest BCUT2D eigenvalue weighted by Crippen LogP contribution is -2.20. The van der Waals surface area contributed by atoms with Crippen molar-refractivity contribution in [2.75, 3.05) is 11.9 Å². The van der Waals surface area contributed by atoms with Crippen molar-refractivity contribution in [2.24, 2.45) is 11.8 Å². The molecule has 2 rings (SSSR count). The summed E-state index contributed by atoms with van der Waals surface area (Å²) in [7, 11) is 0. The lowest BCUT2D eigenvalue weighted by atomic mass is 9.99. The minimum absolute atomic E-state index is 0.141. The molecule has 0 saturated heterocycles. The van der Waals surface area contributed by atoms with E-state index in [1.54, 1.807) is 12.3 Å². The quantitative estimate of drug-likeness (QED) is 0.799. The largest absolute Gasteiger partial charge is 0.481 e. The SMILES string of the molecule is N#Cc1cnccc1NCC(CC(=O)O)C1CC1. The summed E-state index contributed by atoms with van der Waals surface area (Å²) in [6.45, 7) is 0.593. The summed E-state index contributed by atoms with van der Waals surface area (Å²) in [6, 6.07) is 3.80. The van der Waals surface area contributed by atoms with Crippen molar-refractivity contribution in [1.82, 2.24) is 4.98 Å². The molecule has 0 spiro atoms. The van der Waals surface area contributed by atoms with E-state index in [2.05, 4.69) is 16.4 Å². The average molecular weight is 245 g/mol. The minimum atomic E-state index is -0.760. The molecule has 1 aromatic rings. The highest BCUT2D eigenvalue weighted by atomic mass is 16.4. The zero-order chi connectivity index (χ0) is 13.0. The van der Waals surface area contributed by atoms with E-state index in [9.17, 15) is 4.79 Å². The van der Waals surface area contributed by atoms with Gasteiger partial charge in [0.1, 0.15) is 6.07 Å². The van der Waals surface area contributed by atoms with Crippen LogP contribution >= 0.6 is 0 Å². The Balaban J connectivity index is 1.96. The molecule has 1 aliphatic rings. The molecule has 1 unspecified atom stereocenters. The summed E-state index contributed by atoms with van der Waals surface area (Å²) in [4.78, 5) is 14.7. The van der Waals surface area contributed by atoms with E-state index in [1.165, 1.54) is 6.20 Å². The Bertz CT molecular complexity index is 477. The second-order valence-electron chi connectivity index (χ2n) is 4.61. The van der Waals surface area contributed by atoms with E-state index in [0.29, 0.717) is 18.0 Å². The number of aliphatic carboxylic acids is 1. The number of pyridine rings is 1. The molecule has 94 valence electrons. The van der Waals surface area contributed by atoms with E-state index in [4.69, 9.17) is 10.4 Å². The van der Waals surface area contributed by atoms with Gasteiger partial charge in [-0.15, -0.1) is 0 Å². The Morgan fingerprint density at radius 1 is 1.67 bits per heavy atom. The second-order valence-corrected chi connectivity index (χ2v) is 4.61. The van der Waals surface area contributed by atoms with Gasteiger partial charge in [0.25, 0.3) is 0 Å². The number of carboxylic acids is 1. The molecular weight excluding hydrogens is 230 g/mol.